The Morgan fingerprint density at radius 1 is 1.46 bits per heavy atom. The number of hydrogen-bond donors (Lipinski definition) is 2. The highest BCUT2D eigenvalue weighted by atomic mass is 32.2. The Labute approximate surface area is 152 Å². The van der Waals surface area contributed by atoms with Crippen LogP contribution in [0.3, 0.4) is 0 Å². The van der Waals surface area contributed by atoms with Crippen molar-refractivity contribution >= 4 is 21.7 Å². The quantitative estimate of drug-likeness (QED) is 0.412. The number of nitrogens with zero attached hydrogens (tertiary/aromatic N) is 1. The molecule has 1 saturated heterocycles. The second-order valence-electron chi connectivity index (χ2n) is 6.16. The number of benzene rings is 1. The van der Waals surface area contributed by atoms with Crippen molar-refractivity contribution in [2.24, 2.45) is 5.92 Å². The van der Waals surface area contributed by atoms with Crippen molar-refractivity contribution in [3.63, 3.8) is 0 Å². The van der Waals surface area contributed by atoms with E-state index >= 15 is 0 Å². The number of piperidine rings is 1. The highest BCUT2D eigenvalue weighted by molar-refractivity contribution is 7.89. The third kappa shape index (κ3) is 4.77. The number of nitro groups is 1. The number of nitro benzene ring substituents is 1. The minimum atomic E-state index is -3.99. The van der Waals surface area contributed by atoms with Gasteiger partial charge in [0, 0.05) is 18.2 Å². The van der Waals surface area contributed by atoms with E-state index in [0.29, 0.717) is 6.54 Å². The Kier molecular flexibility index (Phi) is 6.68. The minimum absolute atomic E-state index is 0.0730. The molecule has 2 rings (SSSR count). The molecule has 10 heteroatoms. The van der Waals surface area contributed by atoms with Crippen LogP contribution in [0.4, 0.5) is 5.69 Å². The fraction of sp³-hybridized carbons (Fsp3) is 0.562. The highest BCUT2D eigenvalue weighted by Gasteiger charge is 2.27. The SMILES string of the molecule is CCOC(=O)c1cc(S(=O)(=O)NCC2CCCNC2)cc([N+](=O)[O-])c1C. The maximum Gasteiger partial charge on any atom is 0.338 e. The van der Waals surface area contributed by atoms with Gasteiger partial charge in [0.2, 0.25) is 10.0 Å². The number of sulfonamides is 1. The summed E-state index contributed by atoms with van der Waals surface area (Å²) in [5.41, 5.74) is -0.486. The fourth-order valence-electron chi connectivity index (χ4n) is 2.85. The van der Waals surface area contributed by atoms with Crippen LogP contribution >= 0.6 is 0 Å². The molecule has 1 aromatic rings. The van der Waals surface area contributed by atoms with Gasteiger partial charge in [-0.15, -0.1) is 0 Å². The molecule has 2 N–H and O–H groups in total. The lowest BCUT2D eigenvalue weighted by molar-refractivity contribution is -0.385. The molecule has 0 radical (unpaired) electrons. The molecule has 1 unspecified atom stereocenters. The second kappa shape index (κ2) is 8.56. The van der Waals surface area contributed by atoms with Gasteiger partial charge in [0.15, 0.2) is 0 Å². The average Bonchev–Trinajstić information content (AvgIpc) is 2.61. The van der Waals surface area contributed by atoms with Gasteiger partial charge in [-0.05, 0) is 51.8 Å². The maximum absolute atomic E-state index is 12.6. The predicted molar refractivity (Wildman–Crippen MR) is 94.6 cm³/mol. The van der Waals surface area contributed by atoms with Crippen molar-refractivity contribution in [3.05, 3.63) is 33.4 Å². The Hall–Kier alpha value is -2.04. The summed E-state index contributed by atoms with van der Waals surface area (Å²) in [6, 6.07) is 2.10. The van der Waals surface area contributed by atoms with E-state index in [-0.39, 0.29) is 35.1 Å². The summed E-state index contributed by atoms with van der Waals surface area (Å²) >= 11 is 0. The summed E-state index contributed by atoms with van der Waals surface area (Å²) in [4.78, 5) is 22.3. The van der Waals surface area contributed by atoms with Crippen LogP contribution in [0.25, 0.3) is 0 Å². The molecule has 0 spiro atoms. The van der Waals surface area contributed by atoms with Gasteiger partial charge in [-0.1, -0.05) is 0 Å². The van der Waals surface area contributed by atoms with Gasteiger partial charge < -0.3 is 10.1 Å². The van der Waals surface area contributed by atoms with E-state index in [2.05, 4.69) is 10.0 Å². The van der Waals surface area contributed by atoms with E-state index in [9.17, 15) is 23.3 Å². The summed E-state index contributed by atoms with van der Waals surface area (Å²) in [6.45, 7) is 4.92. The standard InChI is InChI=1S/C16H23N3O6S/c1-3-25-16(20)14-7-13(8-15(11(14)2)19(21)22)26(23,24)18-10-12-5-4-6-17-9-12/h7-8,12,17-18H,3-6,9-10H2,1-2H3. The van der Waals surface area contributed by atoms with Crippen molar-refractivity contribution in [1.82, 2.24) is 10.0 Å². The van der Waals surface area contributed by atoms with E-state index in [4.69, 9.17) is 4.74 Å². The third-order valence-corrected chi connectivity index (χ3v) is 5.72. The normalized spacial score (nSPS) is 17.7. The van der Waals surface area contributed by atoms with Crippen LogP contribution in [0, 0.1) is 23.0 Å². The van der Waals surface area contributed by atoms with Crippen molar-refractivity contribution in [2.75, 3.05) is 26.2 Å². The molecule has 1 atom stereocenters. The number of rotatable bonds is 7. The lowest BCUT2D eigenvalue weighted by atomic mass is 10.0. The molecule has 1 fully saturated rings. The molecule has 0 bridgehead atoms. The second-order valence-corrected chi connectivity index (χ2v) is 7.92. The zero-order valence-corrected chi connectivity index (χ0v) is 15.6. The van der Waals surface area contributed by atoms with Crippen molar-refractivity contribution in [2.45, 2.75) is 31.6 Å². The lowest BCUT2D eigenvalue weighted by Gasteiger charge is -2.22. The number of carbonyl (C=O) groups is 1. The van der Waals surface area contributed by atoms with Crippen molar-refractivity contribution in [1.29, 1.82) is 0 Å². The molecular formula is C16H23N3O6S. The van der Waals surface area contributed by atoms with Crippen LogP contribution in [0.15, 0.2) is 17.0 Å². The van der Waals surface area contributed by atoms with E-state index in [1.165, 1.54) is 6.92 Å². The summed E-state index contributed by atoms with van der Waals surface area (Å²) in [5.74, 6) is -0.634. The number of nitrogens with one attached hydrogen (secondary N) is 2. The van der Waals surface area contributed by atoms with Crippen LogP contribution in [-0.4, -0.2) is 45.6 Å². The number of hydrogen-bond acceptors (Lipinski definition) is 7. The Morgan fingerprint density at radius 2 is 2.19 bits per heavy atom. The number of esters is 1. The largest absolute Gasteiger partial charge is 0.462 e. The van der Waals surface area contributed by atoms with E-state index in [1.54, 1.807) is 6.92 Å². The summed E-state index contributed by atoms with van der Waals surface area (Å²) < 4.78 is 32.5. The first-order valence-corrected chi connectivity index (χ1v) is 9.91. The van der Waals surface area contributed by atoms with E-state index < -0.39 is 26.6 Å². The maximum atomic E-state index is 12.6. The molecule has 26 heavy (non-hydrogen) atoms. The minimum Gasteiger partial charge on any atom is -0.462 e. The van der Waals surface area contributed by atoms with Gasteiger partial charge >= 0.3 is 5.97 Å². The molecule has 144 valence electrons. The molecule has 9 nitrogen and oxygen atoms in total. The molecule has 1 heterocycles. The summed E-state index contributed by atoms with van der Waals surface area (Å²) in [5, 5.41) is 14.5. The smallest absolute Gasteiger partial charge is 0.338 e. The van der Waals surface area contributed by atoms with Crippen LogP contribution in [0.1, 0.15) is 35.7 Å². The van der Waals surface area contributed by atoms with Crippen LogP contribution in [-0.2, 0) is 14.8 Å². The molecule has 1 aliphatic rings. The first-order chi connectivity index (χ1) is 12.3. The van der Waals surface area contributed by atoms with Crippen molar-refractivity contribution in [3.8, 4) is 0 Å². The predicted octanol–water partition coefficient (Wildman–Crippen LogP) is 1.36. The topological polar surface area (TPSA) is 128 Å². The molecule has 1 aromatic carbocycles. The first-order valence-electron chi connectivity index (χ1n) is 8.42. The molecule has 0 aromatic heterocycles. The zero-order valence-electron chi connectivity index (χ0n) is 14.8. The first kappa shape index (κ1) is 20.3. The molecule has 0 saturated carbocycles. The highest BCUT2D eigenvalue weighted by Crippen LogP contribution is 2.27. The monoisotopic (exact) mass is 385 g/mol. The van der Waals surface area contributed by atoms with E-state index in [1.807, 2.05) is 0 Å². The summed E-state index contributed by atoms with van der Waals surface area (Å²) in [7, 11) is -3.99. The summed E-state index contributed by atoms with van der Waals surface area (Å²) in [6.07, 6.45) is 1.87. The average molecular weight is 385 g/mol. The molecule has 0 amide bonds. The van der Waals surface area contributed by atoms with Gasteiger partial charge in [0.05, 0.1) is 22.0 Å². The molecule has 0 aliphatic carbocycles. The lowest BCUT2D eigenvalue weighted by Crippen LogP contribution is -2.38. The van der Waals surface area contributed by atoms with Gasteiger partial charge in [-0.2, -0.15) is 0 Å². The zero-order chi connectivity index (χ0) is 19.3. The van der Waals surface area contributed by atoms with Crippen molar-refractivity contribution < 1.29 is 22.9 Å². The fourth-order valence-corrected chi connectivity index (χ4v) is 4.01. The molecule has 1 aliphatic heterocycles. The van der Waals surface area contributed by atoms with E-state index in [0.717, 1.165) is 31.5 Å². The third-order valence-electron chi connectivity index (χ3n) is 4.32. The number of ether oxygens (including phenoxy) is 1. The number of carbonyl (C=O) groups excluding carboxylic acids is 1. The Bertz CT molecular complexity index is 787. The van der Waals surface area contributed by atoms with Gasteiger partial charge in [0.25, 0.3) is 5.69 Å². The van der Waals surface area contributed by atoms with Crippen LogP contribution < -0.4 is 10.0 Å². The molecular weight excluding hydrogens is 362 g/mol. The van der Waals surface area contributed by atoms with Gasteiger partial charge in [0.1, 0.15) is 0 Å². The van der Waals surface area contributed by atoms with Crippen LogP contribution in [0.2, 0.25) is 0 Å². The van der Waals surface area contributed by atoms with Gasteiger partial charge in [-0.25, -0.2) is 17.9 Å². The van der Waals surface area contributed by atoms with Gasteiger partial charge in [-0.3, -0.25) is 10.1 Å². The van der Waals surface area contributed by atoms with Crippen LogP contribution in [0.5, 0.6) is 0 Å². The Morgan fingerprint density at radius 3 is 2.77 bits per heavy atom. The Balaban J connectivity index is 2.33.